The van der Waals surface area contributed by atoms with Gasteiger partial charge in [0.05, 0.1) is 0 Å². The van der Waals surface area contributed by atoms with Gasteiger partial charge in [0, 0.05) is 25.6 Å². The summed E-state index contributed by atoms with van der Waals surface area (Å²) in [6.45, 7) is 6.03. The van der Waals surface area contributed by atoms with Crippen molar-refractivity contribution in [2.45, 2.75) is 57.9 Å². The van der Waals surface area contributed by atoms with E-state index >= 15 is 0 Å². The van der Waals surface area contributed by atoms with Crippen LogP contribution in [0.1, 0.15) is 52.4 Å². The van der Waals surface area contributed by atoms with Crippen molar-refractivity contribution >= 4 is 5.91 Å². The Morgan fingerprint density at radius 2 is 1.81 bits per heavy atom. The van der Waals surface area contributed by atoms with Crippen molar-refractivity contribution in [3.63, 3.8) is 0 Å². The van der Waals surface area contributed by atoms with Crippen molar-refractivity contribution in [1.29, 1.82) is 0 Å². The van der Waals surface area contributed by atoms with E-state index in [9.17, 15) is 4.79 Å². The zero-order valence-corrected chi connectivity index (χ0v) is 14.7. The van der Waals surface area contributed by atoms with Crippen LogP contribution in [0, 0.1) is 11.8 Å². The van der Waals surface area contributed by atoms with Gasteiger partial charge in [0.1, 0.15) is 0 Å². The van der Waals surface area contributed by atoms with Gasteiger partial charge in [0.15, 0.2) is 0 Å². The van der Waals surface area contributed by atoms with Crippen LogP contribution in [0.25, 0.3) is 0 Å². The molecule has 0 bridgehead atoms. The van der Waals surface area contributed by atoms with Crippen LogP contribution in [0.2, 0.25) is 0 Å². The number of amides is 1. The number of hydrogen-bond donors (Lipinski definition) is 1. The first-order valence-corrected chi connectivity index (χ1v) is 8.44. The highest BCUT2D eigenvalue weighted by Crippen LogP contribution is 2.36. The molecule has 0 saturated heterocycles. The minimum Gasteiger partial charge on any atom is -0.344 e. The molecular formula is C17H35N3O. The molecule has 1 fully saturated rings. The van der Waals surface area contributed by atoms with Crippen molar-refractivity contribution in [2.24, 2.45) is 17.6 Å². The van der Waals surface area contributed by atoms with Crippen LogP contribution in [0.3, 0.4) is 0 Å². The largest absolute Gasteiger partial charge is 0.344 e. The van der Waals surface area contributed by atoms with Gasteiger partial charge in [-0.05, 0) is 64.6 Å². The van der Waals surface area contributed by atoms with E-state index in [4.69, 9.17) is 5.73 Å². The van der Waals surface area contributed by atoms with E-state index in [1.54, 1.807) is 0 Å². The average molecular weight is 297 g/mol. The lowest BCUT2D eigenvalue weighted by molar-refractivity contribution is -0.133. The van der Waals surface area contributed by atoms with Crippen LogP contribution >= 0.6 is 0 Å². The maximum absolute atomic E-state index is 12.4. The smallest absolute Gasteiger partial charge is 0.222 e. The molecule has 1 saturated carbocycles. The molecule has 21 heavy (non-hydrogen) atoms. The quantitative estimate of drug-likeness (QED) is 0.710. The Morgan fingerprint density at radius 3 is 2.19 bits per heavy atom. The lowest BCUT2D eigenvalue weighted by atomic mass is 9.75. The maximum atomic E-state index is 12.4. The molecule has 0 aromatic carbocycles. The SMILES string of the molecule is CC(C)C(CCN)CCC(=O)N(C)CC1(N(C)C)CCC1. The van der Waals surface area contributed by atoms with Crippen molar-refractivity contribution in [3.8, 4) is 0 Å². The molecule has 2 N–H and O–H groups in total. The molecule has 1 rings (SSSR count). The van der Waals surface area contributed by atoms with Crippen molar-refractivity contribution in [1.82, 2.24) is 9.80 Å². The number of rotatable bonds is 9. The number of nitrogens with two attached hydrogens (primary N) is 1. The van der Waals surface area contributed by atoms with E-state index in [1.165, 1.54) is 19.3 Å². The monoisotopic (exact) mass is 297 g/mol. The second-order valence-corrected chi connectivity index (χ2v) is 7.34. The number of nitrogens with zero attached hydrogens (tertiary/aromatic N) is 2. The topological polar surface area (TPSA) is 49.6 Å². The van der Waals surface area contributed by atoms with Crippen LogP contribution in [0.4, 0.5) is 0 Å². The van der Waals surface area contributed by atoms with Crippen LogP contribution in [0.15, 0.2) is 0 Å². The van der Waals surface area contributed by atoms with Gasteiger partial charge in [-0.1, -0.05) is 13.8 Å². The number of hydrogen-bond acceptors (Lipinski definition) is 3. The minimum absolute atomic E-state index is 0.221. The highest BCUT2D eigenvalue weighted by atomic mass is 16.2. The van der Waals surface area contributed by atoms with Crippen LogP contribution < -0.4 is 5.73 Å². The molecule has 0 spiro atoms. The van der Waals surface area contributed by atoms with Crippen molar-refractivity contribution in [2.75, 3.05) is 34.2 Å². The molecule has 1 aliphatic carbocycles. The van der Waals surface area contributed by atoms with E-state index in [1.807, 2.05) is 11.9 Å². The van der Waals surface area contributed by atoms with Gasteiger partial charge in [-0.25, -0.2) is 0 Å². The summed E-state index contributed by atoms with van der Waals surface area (Å²) in [5, 5.41) is 0. The van der Waals surface area contributed by atoms with E-state index in [-0.39, 0.29) is 11.4 Å². The van der Waals surface area contributed by atoms with E-state index in [0.717, 1.165) is 25.9 Å². The van der Waals surface area contributed by atoms with Crippen LogP contribution in [0.5, 0.6) is 0 Å². The Balaban J connectivity index is 2.44. The minimum atomic E-state index is 0.221. The Hall–Kier alpha value is -0.610. The van der Waals surface area contributed by atoms with Gasteiger partial charge in [0.25, 0.3) is 0 Å². The third-order valence-corrected chi connectivity index (χ3v) is 5.40. The van der Waals surface area contributed by atoms with E-state index in [2.05, 4.69) is 32.8 Å². The molecular weight excluding hydrogens is 262 g/mol. The van der Waals surface area contributed by atoms with E-state index in [0.29, 0.717) is 18.3 Å². The molecule has 4 heteroatoms. The van der Waals surface area contributed by atoms with Crippen molar-refractivity contribution < 1.29 is 4.79 Å². The predicted molar refractivity (Wildman–Crippen MR) is 89.1 cm³/mol. The summed E-state index contributed by atoms with van der Waals surface area (Å²) in [7, 11) is 6.22. The number of carbonyl (C=O) groups is 1. The van der Waals surface area contributed by atoms with Crippen molar-refractivity contribution in [3.05, 3.63) is 0 Å². The van der Waals surface area contributed by atoms with Gasteiger partial charge in [-0.3, -0.25) is 4.79 Å². The molecule has 0 radical (unpaired) electrons. The van der Waals surface area contributed by atoms with Gasteiger partial charge < -0.3 is 15.5 Å². The fourth-order valence-electron chi connectivity index (χ4n) is 3.39. The van der Waals surface area contributed by atoms with E-state index < -0.39 is 0 Å². The Morgan fingerprint density at radius 1 is 1.19 bits per heavy atom. The molecule has 0 heterocycles. The fraction of sp³-hybridized carbons (Fsp3) is 0.941. The summed E-state index contributed by atoms with van der Waals surface area (Å²) in [5.41, 5.74) is 5.90. The number of carbonyl (C=O) groups excluding carboxylic acids is 1. The molecule has 1 atom stereocenters. The molecule has 1 unspecified atom stereocenters. The lowest BCUT2D eigenvalue weighted by Gasteiger charge is -2.49. The summed E-state index contributed by atoms with van der Waals surface area (Å²) < 4.78 is 0. The van der Waals surface area contributed by atoms with Gasteiger partial charge in [-0.15, -0.1) is 0 Å². The lowest BCUT2D eigenvalue weighted by Crippen LogP contribution is -2.57. The summed E-state index contributed by atoms with van der Waals surface area (Å²) in [6.07, 6.45) is 6.34. The second-order valence-electron chi connectivity index (χ2n) is 7.34. The Labute approximate surface area is 131 Å². The fourth-order valence-corrected chi connectivity index (χ4v) is 3.39. The maximum Gasteiger partial charge on any atom is 0.222 e. The third-order valence-electron chi connectivity index (χ3n) is 5.40. The molecule has 1 aliphatic rings. The Kier molecular flexibility index (Phi) is 7.14. The molecule has 0 aromatic heterocycles. The third kappa shape index (κ3) is 4.96. The second kappa shape index (κ2) is 8.14. The molecule has 124 valence electrons. The first-order valence-electron chi connectivity index (χ1n) is 8.44. The zero-order chi connectivity index (χ0) is 16.0. The van der Waals surface area contributed by atoms with Gasteiger partial charge in [0.2, 0.25) is 5.91 Å². The average Bonchev–Trinajstić information content (AvgIpc) is 2.37. The summed E-state index contributed by atoms with van der Waals surface area (Å²) in [5.74, 6) is 1.45. The normalized spacial score (nSPS) is 18.7. The molecule has 1 amide bonds. The Bertz CT molecular complexity index is 324. The highest BCUT2D eigenvalue weighted by molar-refractivity contribution is 5.76. The highest BCUT2D eigenvalue weighted by Gasteiger charge is 2.40. The van der Waals surface area contributed by atoms with Gasteiger partial charge >= 0.3 is 0 Å². The first kappa shape index (κ1) is 18.4. The molecule has 0 aromatic rings. The predicted octanol–water partition coefficient (Wildman–Crippen LogP) is 2.33. The summed E-state index contributed by atoms with van der Waals surface area (Å²) in [4.78, 5) is 16.6. The van der Waals surface area contributed by atoms with Crippen LogP contribution in [-0.2, 0) is 4.79 Å². The van der Waals surface area contributed by atoms with Crippen LogP contribution in [-0.4, -0.2) is 55.5 Å². The first-order chi connectivity index (χ1) is 9.82. The zero-order valence-electron chi connectivity index (χ0n) is 14.7. The van der Waals surface area contributed by atoms with Gasteiger partial charge in [-0.2, -0.15) is 0 Å². The molecule has 4 nitrogen and oxygen atoms in total. The number of likely N-dealkylation sites (N-methyl/N-ethyl adjacent to an activating group) is 2. The standard InChI is InChI=1S/C17H35N3O/c1-14(2)15(9-12-18)7-8-16(21)20(5)13-17(19(3)4)10-6-11-17/h14-15H,6-13,18H2,1-5H3. The molecule has 0 aliphatic heterocycles. The summed E-state index contributed by atoms with van der Waals surface area (Å²) in [6, 6.07) is 0. The summed E-state index contributed by atoms with van der Waals surface area (Å²) >= 11 is 0.